The average molecular weight is 291 g/mol. The first-order chi connectivity index (χ1) is 10.0. The normalized spacial score (nSPS) is 11.8. The average Bonchev–Trinajstić information content (AvgIpc) is 2.43. The van der Waals surface area contributed by atoms with Crippen molar-refractivity contribution in [3.63, 3.8) is 0 Å². The zero-order chi connectivity index (χ0) is 15.7. The summed E-state index contributed by atoms with van der Waals surface area (Å²) in [6, 6.07) is 6.22. The molecule has 0 fully saturated rings. The highest BCUT2D eigenvalue weighted by atomic mass is 16.5. The Morgan fingerprint density at radius 1 is 1.38 bits per heavy atom. The molecule has 0 saturated heterocycles. The van der Waals surface area contributed by atoms with E-state index in [1.165, 1.54) is 5.56 Å². The third kappa shape index (κ3) is 7.02. The van der Waals surface area contributed by atoms with Gasteiger partial charge < -0.3 is 15.8 Å². The van der Waals surface area contributed by atoms with Gasteiger partial charge in [-0.25, -0.2) is 4.99 Å². The summed E-state index contributed by atoms with van der Waals surface area (Å²) in [4.78, 5) is 4.37. The van der Waals surface area contributed by atoms with Gasteiger partial charge in [0.25, 0.3) is 0 Å². The maximum atomic E-state index is 5.91. The molecule has 0 amide bonds. The van der Waals surface area contributed by atoms with Gasteiger partial charge in [-0.15, -0.1) is 0 Å². The molecule has 0 aliphatic rings. The summed E-state index contributed by atoms with van der Waals surface area (Å²) in [6.07, 6.45) is 2.08. The third-order valence-corrected chi connectivity index (χ3v) is 3.15. The molecular formula is C17H29N3O. The van der Waals surface area contributed by atoms with Crippen molar-refractivity contribution in [1.29, 1.82) is 0 Å². The van der Waals surface area contributed by atoms with E-state index in [1.54, 1.807) is 0 Å². The number of nitrogens with zero attached hydrogens (tertiary/aromatic N) is 1. The summed E-state index contributed by atoms with van der Waals surface area (Å²) in [5.41, 5.74) is 8.09. The molecule has 21 heavy (non-hydrogen) atoms. The molecule has 118 valence electrons. The summed E-state index contributed by atoms with van der Waals surface area (Å²) in [5, 5.41) is 3.08. The molecule has 0 aromatic heterocycles. The van der Waals surface area contributed by atoms with Crippen molar-refractivity contribution < 1.29 is 4.74 Å². The van der Waals surface area contributed by atoms with Crippen LogP contribution >= 0.6 is 0 Å². The van der Waals surface area contributed by atoms with E-state index in [4.69, 9.17) is 10.5 Å². The third-order valence-electron chi connectivity index (χ3n) is 3.15. The van der Waals surface area contributed by atoms with E-state index in [9.17, 15) is 0 Å². The standard InChI is InChI=1S/C17H29N3O/c1-5-9-19-17(18)20-12-15-7-6-14(4)11-16(15)21-10-8-13(2)3/h6-7,11,13H,5,8-10,12H2,1-4H3,(H3,18,19,20). The maximum Gasteiger partial charge on any atom is 0.188 e. The topological polar surface area (TPSA) is 59.6 Å². The van der Waals surface area contributed by atoms with Crippen LogP contribution < -0.4 is 15.8 Å². The van der Waals surface area contributed by atoms with Gasteiger partial charge in [0.2, 0.25) is 0 Å². The lowest BCUT2D eigenvalue weighted by Crippen LogP contribution is -2.32. The first-order valence-corrected chi connectivity index (χ1v) is 7.79. The number of hydrogen-bond acceptors (Lipinski definition) is 2. The second-order valence-corrected chi connectivity index (χ2v) is 5.77. The van der Waals surface area contributed by atoms with Crippen LogP contribution in [0.1, 0.15) is 44.7 Å². The molecule has 0 heterocycles. The summed E-state index contributed by atoms with van der Waals surface area (Å²) >= 11 is 0. The van der Waals surface area contributed by atoms with E-state index in [-0.39, 0.29) is 0 Å². The molecule has 0 aliphatic heterocycles. The molecule has 3 N–H and O–H groups in total. The largest absolute Gasteiger partial charge is 0.493 e. The number of benzene rings is 1. The molecule has 1 aromatic carbocycles. The van der Waals surface area contributed by atoms with Crippen LogP contribution in [0.5, 0.6) is 5.75 Å². The van der Waals surface area contributed by atoms with Gasteiger partial charge >= 0.3 is 0 Å². The number of guanidine groups is 1. The van der Waals surface area contributed by atoms with Gasteiger partial charge in [0.1, 0.15) is 5.75 Å². The van der Waals surface area contributed by atoms with Gasteiger partial charge in [0.05, 0.1) is 13.2 Å². The summed E-state index contributed by atoms with van der Waals surface area (Å²) < 4.78 is 5.91. The highest BCUT2D eigenvalue weighted by Gasteiger charge is 2.05. The Hall–Kier alpha value is -1.71. The summed E-state index contributed by atoms with van der Waals surface area (Å²) in [7, 11) is 0. The molecule has 0 saturated carbocycles. The van der Waals surface area contributed by atoms with Crippen LogP contribution in [-0.2, 0) is 6.54 Å². The number of hydrogen-bond donors (Lipinski definition) is 2. The lowest BCUT2D eigenvalue weighted by atomic mass is 10.1. The van der Waals surface area contributed by atoms with Crippen LogP contribution in [0, 0.1) is 12.8 Å². The minimum atomic E-state index is 0.491. The predicted octanol–water partition coefficient (Wildman–Crippen LogP) is 3.23. The fourth-order valence-corrected chi connectivity index (χ4v) is 1.81. The molecule has 0 atom stereocenters. The molecule has 0 bridgehead atoms. The second kappa shape index (κ2) is 9.27. The van der Waals surface area contributed by atoms with Crippen LogP contribution in [0.15, 0.2) is 23.2 Å². The van der Waals surface area contributed by atoms with Gasteiger partial charge in [0, 0.05) is 12.1 Å². The summed E-state index contributed by atoms with van der Waals surface area (Å²) in [5.74, 6) is 2.05. The first-order valence-electron chi connectivity index (χ1n) is 7.79. The highest BCUT2D eigenvalue weighted by molar-refractivity contribution is 5.77. The van der Waals surface area contributed by atoms with Crippen molar-refractivity contribution in [2.75, 3.05) is 13.2 Å². The number of ether oxygens (including phenoxy) is 1. The Kier molecular flexibility index (Phi) is 7.65. The van der Waals surface area contributed by atoms with Crippen LogP contribution in [0.4, 0.5) is 0 Å². The van der Waals surface area contributed by atoms with E-state index in [0.29, 0.717) is 18.4 Å². The van der Waals surface area contributed by atoms with Gasteiger partial charge in [-0.1, -0.05) is 32.9 Å². The number of nitrogens with one attached hydrogen (secondary N) is 1. The minimum Gasteiger partial charge on any atom is -0.493 e. The number of aliphatic imine (C=N–C) groups is 1. The van der Waals surface area contributed by atoms with Crippen molar-refractivity contribution in [3.8, 4) is 5.75 Å². The SMILES string of the molecule is CCCNC(N)=NCc1ccc(C)cc1OCCC(C)C. The first kappa shape index (κ1) is 17.3. The van der Waals surface area contributed by atoms with Crippen LogP contribution in [0.2, 0.25) is 0 Å². The van der Waals surface area contributed by atoms with E-state index in [2.05, 4.69) is 56.2 Å². The predicted molar refractivity (Wildman–Crippen MR) is 89.7 cm³/mol. The fraction of sp³-hybridized carbons (Fsp3) is 0.588. The Labute approximate surface area is 128 Å². The summed E-state index contributed by atoms with van der Waals surface area (Å²) in [6.45, 7) is 10.7. The molecule has 0 radical (unpaired) electrons. The quantitative estimate of drug-likeness (QED) is 0.571. The maximum absolute atomic E-state index is 5.91. The van der Waals surface area contributed by atoms with Gasteiger partial charge in [0.15, 0.2) is 5.96 Å². The molecule has 0 unspecified atom stereocenters. The fourth-order valence-electron chi connectivity index (χ4n) is 1.81. The van der Waals surface area contributed by atoms with E-state index in [1.807, 2.05) is 0 Å². The Balaban J connectivity index is 2.67. The van der Waals surface area contributed by atoms with Gasteiger partial charge in [-0.2, -0.15) is 0 Å². The smallest absolute Gasteiger partial charge is 0.188 e. The Bertz CT molecular complexity index is 455. The molecular weight excluding hydrogens is 262 g/mol. The molecule has 0 aliphatic carbocycles. The Morgan fingerprint density at radius 3 is 2.81 bits per heavy atom. The molecule has 1 rings (SSSR count). The molecule has 4 nitrogen and oxygen atoms in total. The lowest BCUT2D eigenvalue weighted by molar-refractivity contribution is 0.287. The van der Waals surface area contributed by atoms with Crippen LogP contribution in [-0.4, -0.2) is 19.1 Å². The van der Waals surface area contributed by atoms with Crippen molar-refractivity contribution >= 4 is 5.96 Å². The van der Waals surface area contributed by atoms with Crippen LogP contribution in [0.25, 0.3) is 0 Å². The zero-order valence-electron chi connectivity index (χ0n) is 13.8. The van der Waals surface area contributed by atoms with E-state index >= 15 is 0 Å². The lowest BCUT2D eigenvalue weighted by Gasteiger charge is -2.13. The molecule has 4 heteroatoms. The van der Waals surface area contributed by atoms with Crippen LogP contribution in [0.3, 0.4) is 0 Å². The van der Waals surface area contributed by atoms with Crippen molar-refractivity contribution in [2.45, 2.75) is 47.1 Å². The van der Waals surface area contributed by atoms with E-state index in [0.717, 1.165) is 37.3 Å². The molecule has 1 aromatic rings. The zero-order valence-corrected chi connectivity index (χ0v) is 13.8. The van der Waals surface area contributed by atoms with E-state index < -0.39 is 0 Å². The Morgan fingerprint density at radius 2 is 2.14 bits per heavy atom. The van der Waals surface area contributed by atoms with Crippen molar-refractivity contribution in [3.05, 3.63) is 29.3 Å². The number of rotatable bonds is 8. The monoisotopic (exact) mass is 291 g/mol. The molecule has 0 spiro atoms. The highest BCUT2D eigenvalue weighted by Crippen LogP contribution is 2.21. The number of aryl methyl sites for hydroxylation is 1. The van der Waals surface area contributed by atoms with Crippen molar-refractivity contribution in [2.24, 2.45) is 16.6 Å². The minimum absolute atomic E-state index is 0.491. The number of nitrogens with two attached hydrogens (primary N) is 1. The second-order valence-electron chi connectivity index (χ2n) is 5.77. The van der Waals surface area contributed by atoms with Gasteiger partial charge in [-0.05, 0) is 37.3 Å². The van der Waals surface area contributed by atoms with Crippen molar-refractivity contribution in [1.82, 2.24) is 5.32 Å². The van der Waals surface area contributed by atoms with Gasteiger partial charge in [-0.3, -0.25) is 0 Å².